The molecule has 0 radical (unpaired) electrons. The van der Waals surface area contributed by atoms with Gasteiger partial charge in [-0.05, 0) is 43.9 Å². The molecule has 0 amide bonds. The van der Waals surface area contributed by atoms with E-state index in [-0.39, 0.29) is 0 Å². The summed E-state index contributed by atoms with van der Waals surface area (Å²) in [6.45, 7) is 0.636. The van der Waals surface area contributed by atoms with Gasteiger partial charge >= 0.3 is 0 Å². The number of nitrogen functional groups attached to an aromatic ring is 1. The SMILES string of the molecule is Nc1ccc2oc(Cn3cnc4c3CCCC4)nc2c1. The lowest BCUT2D eigenvalue weighted by molar-refractivity contribution is 0.499. The molecule has 3 aromatic rings. The van der Waals surface area contributed by atoms with Gasteiger partial charge in [-0.2, -0.15) is 0 Å². The lowest BCUT2D eigenvalue weighted by Crippen LogP contribution is -2.09. The van der Waals surface area contributed by atoms with Gasteiger partial charge < -0.3 is 14.7 Å². The largest absolute Gasteiger partial charge is 0.439 e. The summed E-state index contributed by atoms with van der Waals surface area (Å²) in [6, 6.07) is 5.53. The number of rotatable bonds is 2. The molecule has 0 spiro atoms. The molecule has 0 atom stereocenters. The summed E-state index contributed by atoms with van der Waals surface area (Å²) in [4.78, 5) is 9.00. The van der Waals surface area contributed by atoms with Gasteiger partial charge in [0, 0.05) is 11.4 Å². The molecule has 0 saturated heterocycles. The summed E-state index contributed by atoms with van der Waals surface area (Å²) in [5, 5.41) is 0. The second-order valence-electron chi connectivity index (χ2n) is 5.31. The molecule has 5 nitrogen and oxygen atoms in total. The van der Waals surface area contributed by atoms with Gasteiger partial charge in [-0.3, -0.25) is 0 Å². The van der Waals surface area contributed by atoms with Gasteiger partial charge in [0.25, 0.3) is 0 Å². The summed E-state index contributed by atoms with van der Waals surface area (Å²) < 4.78 is 7.93. The Kier molecular flexibility index (Phi) is 2.52. The summed E-state index contributed by atoms with van der Waals surface area (Å²) >= 11 is 0. The van der Waals surface area contributed by atoms with Crippen molar-refractivity contribution in [2.45, 2.75) is 32.2 Å². The van der Waals surface area contributed by atoms with Gasteiger partial charge in [0.05, 0.1) is 12.0 Å². The standard InChI is InChI=1S/C15H16N4O/c16-10-5-6-14-12(7-10)18-15(20-14)8-19-9-17-11-3-1-2-4-13(11)19/h5-7,9H,1-4,8,16H2. The van der Waals surface area contributed by atoms with Gasteiger partial charge in [-0.15, -0.1) is 0 Å². The number of hydrogen-bond donors (Lipinski definition) is 1. The molecule has 1 aromatic carbocycles. The number of anilines is 1. The third-order valence-electron chi connectivity index (χ3n) is 3.87. The van der Waals surface area contributed by atoms with Crippen LogP contribution in [0.3, 0.4) is 0 Å². The van der Waals surface area contributed by atoms with Crippen LogP contribution in [0, 0.1) is 0 Å². The number of hydrogen-bond acceptors (Lipinski definition) is 4. The highest BCUT2D eigenvalue weighted by Gasteiger charge is 2.16. The summed E-state index contributed by atoms with van der Waals surface area (Å²) in [5.74, 6) is 0.705. The second-order valence-corrected chi connectivity index (χ2v) is 5.31. The van der Waals surface area contributed by atoms with Crippen molar-refractivity contribution in [3.05, 3.63) is 41.8 Å². The van der Waals surface area contributed by atoms with E-state index in [9.17, 15) is 0 Å². The van der Waals surface area contributed by atoms with Crippen molar-refractivity contribution < 1.29 is 4.42 Å². The zero-order valence-electron chi connectivity index (χ0n) is 11.2. The fourth-order valence-corrected chi connectivity index (χ4v) is 2.87. The van der Waals surface area contributed by atoms with Gasteiger partial charge in [-0.1, -0.05) is 0 Å². The Balaban J connectivity index is 1.68. The van der Waals surface area contributed by atoms with Crippen LogP contribution in [0.25, 0.3) is 11.1 Å². The summed E-state index contributed by atoms with van der Waals surface area (Å²) in [6.07, 6.45) is 6.57. The maximum atomic E-state index is 5.77. The monoisotopic (exact) mass is 268 g/mol. The first-order valence-electron chi connectivity index (χ1n) is 6.97. The van der Waals surface area contributed by atoms with E-state index in [1.807, 2.05) is 24.5 Å². The van der Waals surface area contributed by atoms with E-state index in [2.05, 4.69) is 14.5 Å². The summed E-state index contributed by atoms with van der Waals surface area (Å²) in [5.41, 5.74) is 10.6. The minimum atomic E-state index is 0.636. The number of nitrogens with two attached hydrogens (primary N) is 1. The van der Waals surface area contributed by atoms with E-state index in [1.165, 1.54) is 24.2 Å². The van der Waals surface area contributed by atoms with Crippen LogP contribution in [0.5, 0.6) is 0 Å². The smallest absolute Gasteiger partial charge is 0.215 e. The van der Waals surface area contributed by atoms with Crippen molar-refractivity contribution in [2.24, 2.45) is 0 Å². The van der Waals surface area contributed by atoms with Gasteiger partial charge in [0.15, 0.2) is 5.58 Å². The first-order valence-corrected chi connectivity index (χ1v) is 6.97. The maximum absolute atomic E-state index is 5.77. The Hall–Kier alpha value is -2.30. The molecule has 0 aliphatic heterocycles. The Morgan fingerprint density at radius 2 is 2.15 bits per heavy atom. The number of aromatic nitrogens is 3. The molecule has 0 bridgehead atoms. The number of imidazole rings is 1. The van der Waals surface area contributed by atoms with E-state index in [0.29, 0.717) is 18.1 Å². The Bertz CT molecular complexity index is 771. The van der Waals surface area contributed by atoms with Crippen molar-refractivity contribution in [1.29, 1.82) is 0 Å². The number of fused-ring (bicyclic) bond motifs is 2. The molecule has 0 fully saturated rings. The normalized spacial score (nSPS) is 14.6. The van der Waals surface area contributed by atoms with Crippen LogP contribution in [0.15, 0.2) is 28.9 Å². The van der Waals surface area contributed by atoms with Crippen LogP contribution in [0.4, 0.5) is 5.69 Å². The molecule has 1 aliphatic carbocycles. The van der Waals surface area contributed by atoms with Crippen molar-refractivity contribution in [3.8, 4) is 0 Å². The number of benzene rings is 1. The molecule has 4 rings (SSSR count). The highest BCUT2D eigenvalue weighted by molar-refractivity contribution is 5.76. The van der Waals surface area contributed by atoms with Crippen molar-refractivity contribution in [2.75, 3.05) is 5.73 Å². The number of nitrogens with zero attached hydrogens (tertiary/aromatic N) is 3. The Morgan fingerprint density at radius 1 is 1.25 bits per heavy atom. The number of aryl methyl sites for hydroxylation is 1. The van der Waals surface area contributed by atoms with E-state index in [0.717, 1.165) is 23.9 Å². The fraction of sp³-hybridized carbons (Fsp3) is 0.333. The van der Waals surface area contributed by atoms with Crippen LogP contribution in [-0.4, -0.2) is 14.5 Å². The average Bonchev–Trinajstić information content (AvgIpc) is 3.03. The average molecular weight is 268 g/mol. The topological polar surface area (TPSA) is 69.9 Å². The molecule has 2 heterocycles. The molecule has 0 unspecified atom stereocenters. The summed E-state index contributed by atoms with van der Waals surface area (Å²) in [7, 11) is 0. The zero-order chi connectivity index (χ0) is 13.5. The molecular formula is C15H16N4O. The van der Waals surface area contributed by atoms with E-state index < -0.39 is 0 Å². The van der Waals surface area contributed by atoms with E-state index >= 15 is 0 Å². The maximum Gasteiger partial charge on any atom is 0.215 e. The van der Waals surface area contributed by atoms with Crippen molar-refractivity contribution >= 4 is 16.8 Å². The molecule has 102 valence electrons. The van der Waals surface area contributed by atoms with E-state index in [1.54, 1.807) is 0 Å². The molecule has 5 heteroatoms. The Morgan fingerprint density at radius 3 is 3.10 bits per heavy atom. The van der Waals surface area contributed by atoms with Gasteiger partial charge in [-0.25, -0.2) is 9.97 Å². The third kappa shape index (κ3) is 1.86. The van der Waals surface area contributed by atoms with Crippen LogP contribution >= 0.6 is 0 Å². The van der Waals surface area contributed by atoms with Crippen LogP contribution in [0.1, 0.15) is 30.1 Å². The highest BCUT2D eigenvalue weighted by atomic mass is 16.3. The Labute approximate surface area is 116 Å². The van der Waals surface area contributed by atoms with Crippen molar-refractivity contribution in [1.82, 2.24) is 14.5 Å². The minimum Gasteiger partial charge on any atom is -0.439 e. The lowest BCUT2D eigenvalue weighted by atomic mass is 10.0. The first-order chi connectivity index (χ1) is 9.79. The third-order valence-corrected chi connectivity index (χ3v) is 3.87. The predicted octanol–water partition coefficient (Wildman–Crippen LogP) is 2.53. The minimum absolute atomic E-state index is 0.636. The van der Waals surface area contributed by atoms with E-state index in [4.69, 9.17) is 10.2 Å². The fourth-order valence-electron chi connectivity index (χ4n) is 2.87. The number of oxazole rings is 1. The molecule has 1 aliphatic rings. The lowest BCUT2D eigenvalue weighted by Gasteiger charge is -2.12. The van der Waals surface area contributed by atoms with Gasteiger partial charge in [0.1, 0.15) is 12.1 Å². The molecule has 0 saturated carbocycles. The van der Waals surface area contributed by atoms with Gasteiger partial charge in [0.2, 0.25) is 5.89 Å². The second kappa shape index (κ2) is 4.37. The molecule has 20 heavy (non-hydrogen) atoms. The highest BCUT2D eigenvalue weighted by Crippen LogP contribution is 2.22. The van der Waals surface area contributed by atoms with Crippen molar-refractivity contribution in [3.63, 3.8) is 0 Å². The first kappa shape index (κ1) is 11.5. The molecule has 2 N–H and O–H groups in total. The molecular weight excluding hydrogens is 252 g/mol. The predicted molar refractivity (Wildman–Crippen MR) is 76.4 cm³/mol. The zero-order valence-corrected chi connectivity index (χ0v) is 11.2. The molecule has 2 aromatic heterocycles. The van der Waals surface area contributed by atoms with Crippen LogP contribution in [-0.2, 0) is 19.4 Å². The van der Waals surface area contributed by atoms with Crippen LogP contribution < -0.4 is 5.73 Å². The quantitative estimate of drug-likeness (QED) is 0.725. The van der Waals surface area contributed by atoms with Crippen LogP contribution in [0.2, 0.25) is 0 Å².